The second-order valence-electron chi connectivity index (χ2n) is 5.48. The van der Waals surface area contributed by atoms with Crippen molar-refractivity contribution >= 4 is 29.6 Å². The first-order valence-corrected chi connectivity index (χ1v) is 9.06. The van der Waals surface area contributed by atoms with Crippen molar-refractivity contribution < 1.29 is 23.9 Å². The Bertz CT molecular complexity index is 659. The van der Waals surface area contributed by atoms with E-state index in [0.29, 0.717) is 16.9 Å². The maximum Gasteiger partial charge on any atom is 0.344 e. The lowest BCUT2D eigenvalue weighted by Crippen LogP contribution is -2.44. The van der Waals surface area contributed by atoms with Crippen molar-refractivity contribution in [3.05, 3.63) is 46.9 Å². The maximum atomic E-state index is 12.3. The fraction of sp³-hybridized carbons (Fsp3) is 0.389. The van der Waals surface area contributed by atoms with Gasteiger partial charge in [-0.05, 0) is 26.0 Å². The van der Waals surface area contributed by atoms with Crippen LogP contribution in [0.2, 0.25) is 0 Å². The Labute approximate surface area is 150 Å². The summed E-state index contributed by atoms with van der Waals surface area (Å²) in [6, 6.07) is 7.77. The summed E-state index contributed by atoms with van der Waals surface area (Å²) >= 11 is 1.18. The largest absolute Gasteiger partial charge is 0.462 e. The van der Waals surface area contributed by atoms with Crippen LogP contribution in [0.1, 0.15) is 30.6 Å². The summed E-state index contributed by atoms with van der Waals surface area (Å²) < 4.78 is 10.4. The monoisotopic (exact) mass is 363 g/mol. The summed E-state index contributed by atoms with van der Waals surface area (Å²) in [5.74, 6) is -1.11. The number of thioether (sulfide) groups is 1. The molecule has 2 rings (SSSR count). The van der Waals surface area contributed by atoms with Gasteiger partial charge >= 0.3 is 11.9 Å². The van der Waals surface area contributed by atoms with Crippen LogP contribution in [-0.2, 0) is 19.1 Å². The maximum absolute atomic E-state index is 12.3. The summed E-state index contributed by atoms with van der Waals surface area (Å²) in [4.78, 5) is 37.0. The Hall–Kier alpha value is -2.28. The SMILES string of the molecule is CCOC(=O)/C1=C/C[C@@H](C)OC(=O)[C@H](NC(=O)c2ccccc2)CS1. The number of carbonyl (C=O) groups is 3. The standard InChI is InChI=1S/C18H21NO5S/c1-3-23-18(22)15-10-9-12(2)24-17(21)14(11-25-15)19-16(20)13-7-5-4-6-8-13/h4-8,10,12,14H,3,9,11H2,1-2H3,(H,19,20)/b15-10-/t12-,14-/m1/s1. The van der Waals surface area contributed by atoms with Gasteiger partial charge in [-0.25, -0.2) is 9.59 Å². The van der Waals surface area contributed by atoms with E-state index in [-0.39, 0.29) is 18.3 Å². The van der Waals surface area contributed by atoms with Gasteiger partial charge < -0.3 is 14.8 Å². The highest BCUT2D eigenvalue weighted by Gasteiger charge is 2.27. The van der Waals surface area contributed by atoms with Crippen molar-refractivity contribution in [2.24, 2.45) is 0 Å². The van der Waals surface area contributed by atoms with Gasteiger partial charge in [0.05, 0.1) is 11.5 Å². The smallest absolute Gasteiger partial charge is 0.344 e. The molecular formula is C18H21NO5S. The third kappa shape index (κ3) is 5.63. The quantitative estimate of drug-likeness (QED) is 0.827. The number of amides is 1. The van der Waals surface area contributed by atoms with Crippen LogP contribution < -0.4 is 5.32 Å². The first kappa shape index (κ1) is 19.1. The van der Waals surface area contributed by atoms with Gasteiger partial charge in [0.1, 0.15) is 12.1 Å². The molecule has 0 aliphatic carbocycles. The molecule has 1 aromatic rings. The number of esters is 2. The van der Waals surface area contributed by atoms with E-state index >= 15 is 0 Å². The van der Waals surface area contributed by atoms with E-state index in [1.807, 2.05) is 0 Å². The fourth-order valence-electron chi connectivity index (χ4n) is 2.18. The number of carbonyl (C=O) groups excluding carboxylic acids is 3. The fourth-order valence-corrected chi connectivity index (χ4v) is 3.13. The number of hydrogen-bond donors (Lipinski definition) is 1. The molecule has 0 unspecified atom stereocenters. The van der Waals surface area contributed by atoms with Crippen molar-refractivity contribution in [2.75, 3.05) is 12.4 Å². The van der Waals surface area contributed by atoms with Crippen molar-refractivity contribution in [1.82, 2.24) is 5.32 Å². The van der Waals surface area contributed by atoms with E-state index < -0.39 is 24.1 Å². The molecule has 1 aliphatic heterocycles. The Morgan fingerprint density at radius 1 is 1.32 bits per heavy atom. The molecule has 1 N–H and O–H groups in total. The van der Waals surface area contributed by atoms with Gasteiger partial charge in [-0.1, -0.05) is 24.3 Å². The van der Waals surface area contributed by atoms with Crippen LogP contribution in [-0.4, -0.2) is 42.4 Å². The molecule has 0 radical (unpaired) electrons. The minimum absolute atomic E-state index is 0.189. The molecule has 0 spiro atoms. The van der Waals surface area contributed by atoms with Gasteiger partial charge in [0.15, 0.2) is 0 Å². The minimum atomic E-state index is -0.851. The molecule has 1 heterocycles. The normalized spacial score (nSPS) is 23.1. The van der Waals surface area contributed by atoms with E-state index in [2.05, 4.69) is 5.32 Å². The molecule has 0 fully saturated rings. The lowest BCUT2D eigenvalue weighted by Gasteiger charge is -2.18. The summed E-state index contributed by atoms with van der Waals surface area (Å²) in [7, 11) is 0. The molecule has 1 aromatic carbocycles. The van der Waals surface area contributed by atoms with Crippen LogP contribution in [0.4, 0.5) is 0 Å². The molecule has 0 bridgehead atoms. The summed E-state index contributed by atoms with van der Waals surface area (Å²) in [5, 5.41) is 2.68. The molecule has 0 saturated heterocycles. The molecular weight excluding hydrogens is 342 g/mol. The molecule has 134 valence electrons. The summed E-state index contributed by atoms with van der Waals surface area (Å²) in [6.07, 6.45) is 1.72. The lowest BCUT2D eigenvalue weighted by molar-refractivity contribution is -0.149. The van der Waals surface area contributed by atoms with E-state index in [9.17, 15) is 14.4 Å². The van der Waals surface area contributed by atoms with E-state index in [4.69, 9.17) is 9.47 Å². The highest BCUT2D eigenvalue weighted by molar-refractivity contribution is 8.04. The zero-order valence-corrected chi connectivity index (χ0v) is 15.0. The topological polar surface area (TPSA) is 81.7 Å². The van der Waals surface area contributed by atoms with Crippen LogP contribution in [0, 0.1) is 0 Å². The van der Waals surface area contributed by atoms with Gasteiger partial charge in [-0.3, -0.25) is 4.79 Å². The van der Waals surface area contributed by atoms with Gasteiger partial charge in [0, 0.05) is 17.7 Å². The molecule has 25 heavy (non-hydrogen) atoms. The number of nitrogens with one attached hydrogen (secondary N) is 1. The van der Waals surface area contributed by atoms with Crippen LogP contribution in [0.25, 0.3) is 0 Å². The minimum Gasteiger partial charge on any atom is -0.462 e. The predicted octanol–water partition coefficient (Wildman–Crippen LogP) is 2.30. The molecule has 0 aromatic heterocycles. The van der Waals surface area contributed by atoms with Crippen molar-refractivity contribution in [3.8, 4) is 0 Å². The average Bonchev–Trinajstić information content (AvgIpc) is 2.66. The third-order valence-corrected chi connectivity index (χ3v) is 4.60. The third-order valence-electron chi connectivity index (χ3n) is 3.46. The second-order valence-corrected chi connectivity index (χ2v) is 6.54. The molecule has 7 heteroatoms. The Morgan fingerprint density at radius 2 is 2.04 bits per heavy atom. The van der Waals surface area contributed by atoms with Crippen molar-refractivity contribution in [2.45, 2.75) is 32.4 Å². The second kappa shape index (κ2) is 9.27. The highest BCUT2D eigenvalue weighted by Crippen LogP contribution is 2.23. The van der Waals surface area contributed by atoms with Gasteiger partial charge in [-0.2, -0.15) is 0 Å². The first-order valence-electron chi connectivity index (χ1n) is 8.07. The Kier molecular flexibility index (Phi) is 7.06. The zero-order valence-electron chi connectivity index (χ0n) is 14.2. The van der Waals surface area contributed by atoms with Crippen molar-refractivity contribution in [1.29, 1.82) is 0 Å². The van der Waals surface area contributed by atoms with Gasteiger partial charge in [0.25, 0.3) is 5.91 Å². The van der Waals surface area contributed by atoms with E-state index in [1.165, 1.54) is 11.8 Å². The molecule has 6 nitrogen and oxygen atoms in total. The summed E-state index contributed by atoms with van der Waals surface area (Å²) in [6.45, 7) is 3.75. The van der Waals surface area contributed by atoms with Crippen LogP contribution in [0.5, 0.6) is 0 Å². The predicted molar refractivity (Wildman–Crippen MR) is 95.0 cm³/mol. The van der Waals surface area contributed by atoms with Crippen LogP contribution >= 0.6 is 11.8 Å². The van der Waals surface area contributed by atoms with Crippen LogP contribution in [0.3, 0.4) is 0 Å². The number of cyclic esters (lactones) is 1. The molecule has 2 atom stereocenters. The van der Waals surface area contributed by atoms with Gasteiger partial charge in [-0.15, -0.1) is 11.8 Å². The molecule has 0 saturated carbocycles. The first-order chi connectivity index (χ1) is 12.0. The number of ether oxygens (including phenoxy) is 2. The van der Waals surface area contributed by atoms with Gasteiger partial charge in [0.2, 0.25) is 0 Å². The number of rotatable bonds is 4. The number of hydrogen-bond acceptors (Lipinski definition) is 6. The Morgan fingerprint density at radius 3 is 2.72 bits per heavy atom. The molecule has 1 amide bonds. The lowest BCUT2D eigenvalue weighted by atomic mass is 10.2. The Balaban J connectivity index is 2.11. The van der Waals surface area contributed by atoms with E-state index in [1.54, 1.807) is 50.3 Å². The highest BCUT2D eigenvalue weighted by atomic mass is 32.2. The van der Waals surface area contributed by atoms with Crippen LogP contribution in [0.15, 0.2) is 41.3 Å². The molecule has 1 aliphatic rings. The summed E-state index contributed by atoms with van der Waals surface area (Å²) in [5.41, 5.74) is 0.453. The average molecular weight is 363 g/mol. The zero-order chi connectivity index (χ0) is 18.2. The number of benzene rings is 1. The van der Waals surface area contributed by atoms with Crippen molar-refractivity contribution in [3.63, 3.8) is 0 Å². The van der Waals surface area contributed by atoms with E-state index in [0.717, 1.165) is 0 Å².